The molecule has 0 atom stereocenters. The van der Waals surface area contributed by atoms with Gasteiger partial charge in [-0.05, 0) is 29.8 Å². The number of para-hydroxylation sites is 2. The van der Waals surface area contributed by atoms with Gasteiger partial charge in [0.1, 0.15) is 18.1 Å². The Bertz CT molecular complexity index is 1290. The van der Waals surface area contributed by atoms with E-state index in [2.05, 4.69) is 86.4 Å². The highest BCUT2D eigenvalue weighted by Crippen LogP contribution is 2.41. The predicted octanol–water partition coefficient (Wildman–Crippen LogP) is 5.07. The van der Waals surface area contributed by atoms with E-state index in [1.54, 1.807) is 6.26 Å². The molecule has 0 unspecified atom stereocenters. The number of piperazine rings is 1. The molecule has 171 valence electrons. The molecule has 0 aliphatic carbocycles. The minimum atomic E-state index is 0.900. The van der Waals surface area contributed by atoms with Gasteiger partial charge in [-0.3, -0.25) is 4.90 Å². The van der Waals surface area contributed by atoms with Gasteiger partial charge in [-0.1, -0.05) is 49.0 Å². The first kappa shape index (κ1) is 20.8. The molecule has 34 heavy (non-hydrogen) atoms. The van der Waals surface area contributed by atoms with Gasteiger partial charge < -0.3 is 19.1 Å². The molecule has 6 nitrogen and oxygen atoms in total. The van der Waals surface area contributed by atoms with E-state index in [9.17, 15) is 0 Å². The molecule has 2 aromatic heterocycles. The number of anilines is 3. The summed E-state index contributed by atoms with van der Waals surface area (Å²) in [5.74, 6) is 1.03. The summed E-state index contributed by atoms with van der Waals surface area (Å²) in [5, 5.41) is 1.10. The Labute approximate surface area is 200 Å². The Kier molecular flexibility index (Phi) is 5.43. The molecule has 0 amide bonds. The Hall–Kier alpha value is -3.77. The SMILES string of the molecule is C=C(c1ccccc1)N1[CH]N(CCN2CCN(c3nccc4occc34)CC2)c2ccccc21. The van der Waals surface area contributed by atoms with Crippen LogP contribution in [0.15, 0.2) is 90.2 Å². The molecule has 1 radical (unpaired) electrons. The lowest BCUT2D eigenvalue weighted by molar-refractivity contribution is 0.263. The second kappa shape index (κ2) is 8.88. The van der Waals surface area contributed by atoms with E-state index in [1.165, 1.54) is 11.4 Å². The topological polar surface area (TPSA) is 39.0 Å². The van der Waals surface area contributed by atoms with Crippen molar-refractivity contribution in [1.82, 2.24) is 9.88 Å². The fourth-order valence-electron chi connectivity index (χ4n) is 4.90. The number of furan rings is 1. The first-order valence-corrected chi connectivity index (χ1v) is 11.8. The number of nitrogens with zero attached hydrogens (tertiary/aromatic N) is 5. The first-order chi connectivity index (χ1) is 16.8. The van der Waals surface area contributed by atoms with Crippen LogP contribution in [0.25, 0.3) is 16.7 Å². The highest BCUT2D eigenvalue weighted by Gasteiger charge is 2.29. The summed E-state index contributed by atoms with van der Waals surface area (Å²) in [7, 11) is 0. The van der Waals surface area contributed by atoms with Crippen LogP contribution in [0, 0.1) is 6.67 Å². The third kappa shape index (κ3) is 3.80. The van der Waals surface area contributed by atoms with Gasteiger partial charge in [0, 0.05) is 51.2 Å². The van der Waals surface area contributed by atoms with Crippen molar-refractivity contribution in [3.63, 3.8) is 0 Å². The van der Waals surface area contributed by atoms with Crippen molar-refractivity contribution >= 4 is 33.9 Å². The molecular formula is C28H28N5O. The van der Waals surface area contributed by atoms with E-state index < -0.39 is 0 Å². The smallest absolute Gasteiger partial charge is 0.147 e. The highest BCUT2D eigenvalue weighted by atomic mass is 16.3. The lowest BCUT2D eigenvalue weighted by atomic mass is 10.1. The van der Waals surface area contributed by atoms with E-state index in [4.69, 9.17) is 4.42 Å². The molecule has 1 fully saturated rings. The fraction of sp³-hybridized carbons (Fsp3) is 0.214. The van der Waals surface area contributed by atoms with Crippen LogP contribution in [0.2, 0.25) is 0 Å². The van der Waals surface area contributed by atoms with Crippen molar-refractivity contribution in [3.8, 4) is 0 Å². The van der Waals surface area contributed by atoms with Gasteiger partial charge in [-0.15, -0.1) is 0 Å². The average molecular weight is 451 g/mol. The summed E-state index contributed by atoms with van der Waals surface area (Å²) in [5.41, 5.74) is 5.43. The third-order valence-electron chi connectivity index (χ3n) is 6.79. The summed E-state index contributed by atoms with van der Waals surface area (Å²) < 4.78 is 5.55. The first-order valence-electron chi connectivity index (χ1n) is 11.8. The molecule has 0 bridgehead atoms. The standard InChI is InChI=1S/C28H28N5O/c1-22(23-7-3-2-4-8-23)33-21-32(25-9-5-6-10-26(25)33)19-16-30-14-17-31(18-15-30)28-24-12-20-34-27(24)11-13-29-28/h2-13,20-21H,1,14-19H2. The molecule has 6 rings (SSSR count). The molecule has 6 heteroatoms. The molecule has 0 spiro atoms. The number of benzene rings is 2. The number of pyridine rings is 1. The van der Waals surface area contributed by atoms with Gasteiger partial charge in [0.15, 0.2) is 0 Å². The Morgan fingerprint density at radius 1 is 0.853 bits per heavy atom. The number of rotatable bonds is 6. The summed E-state index contributed by atoms with van der Waals surface area (Å²) in [6, 6.07) is 22.9. The zero-order valence-electron chi connectivity index (χ0n) is 19.2. The van der Waals surface area contributed by atoms with Crippen LogP contribution in [-0.2, 0) is 0 Å². The minimum Gasteiger partial charge on any atom is -0.464 e. The van der Waals surface area contributed by atoms with Gasteiger partial charge in [0.25, 0.3) is 0 Å². The second-order valence-corrected chi connectivity index (χ2v) is 8.78. The van der Waals surface area contributed by atoms with Crippen molar-refractivity contribution in [2.75, 3.05) is 54.0 Å². The zero-order valence-corrected chi connectivity index (χ0v) is 19.2. The van der Waals surface area contributed by atoms with E-state index in [-0.39, 0.29) is 0 Å². The number of aromatic nitrogens is 1. The van der Waals surface area contributed by atoms with Gasteiger partial charge in [0.05, 0.1) is 23.0 Å². The maximum Gasteiger partial charge on any atom is 0.147 e. The number of fused-ring (bicyclic) bond motifs is 2. The van der Waals surface area contributed by atoms with E-state index >= 15 is 0 Å². The Morgan fingerprint density at radius 2 is 1.62 bits per heavy atom. The van der Waals surface area contributed by atoms with Crippen LogP contribution in [0.4, 0.5) is 17.2 Å². The van der Waals surface area contributed by atoms with Crippen molar-refractivity contribution in [2.45, 2.75) is 0 Å². The maximum atomic E-state index is 5.55. The summed E-state index contributed by atoms with van der Waals surface area (Å²) >= 11 is 0. The van der Waals surface area contributed by atoms with Gasteiger partial charge >= 0.3 is 0 Å². The van der Waals surface area contributed by atoms with Crippen LogP contribution in [0.1, 0.15) is 5.56 Å². The zero-order chi connectivity index (χ0) is 22.9. The number of hydrogen-bond acceptors (Lipinski definition) is 6. The summed E-state index contributed by atoms with van der Waals surface area (Å²) in [4.78, 5) is 14.1. The monoisotopic (exact) mass is 450 g/mol. The van der Waals surface area contributed by atoms with Crippen LogP contribution < -0.4 is 14.7 Å². The van der Waals surface area contributed by atoms with Crippen molar-refractivity contribution in [1.29, 1.82) is 0 Å². The molecule has 4 heterocycles. The minimum absolute atomic E-state index is 0.900. The second-order valence-electron chi connectivity index (χ2n) is 8.78. The molecule has 4 aromatic rings. The summed E-state index contributed by atoms with van der Waals surface area (Å²) in [6.45, 7) is 12.5. The largest absolute Gasteiger partial charge is 0.464 e. The van der Waals surface area contributed by atoms with Crippen LogP contribution in [0.3, 0.4) is 0 Å². The van der Waals surface area contributed by atoms with E-state index in [0.717, 1.165) is 67.3 Å². The maximum absolute atomic E-state index is 5.55. The normalized spacial score (nSPS) is 16.3. The van der Waals surface area contributed by atoms with Crippen molar-refractivity contribution < 1.29 is 4.42 Å². The van der Waals surface area contributed by atoms with Gasteiger partial charge in [0.2, 0.25) is 0 Å². The van der Waals surface area contributed by atoms with E-state index in [0.29, 0.717) is 0 Å². The fourth-order valence-corrected chi connectivity index (χ4v) is 4.90. The van der Waals surface area contributed by atoms with Gasteiger partial charge in [-0.2, -0.15) is 0 Å². The highest BCUT2D eigenvalue weighted by molar-refractivity contribution is 5.91. The molecule has 2 aliphatic heterocycles. The van der Waals surface area contributed by atoms with Crippen LogP contribution >= 0.6 is 0 Å². The van der Waals surface area contributed by atoms with Crippen molar-refractivity contribution in [3.05, 3.63) is 98.0 Å². The molecule has 1 saturated heterocycles. The lowest BCUT2D eigenvalue weighted by Gasteiger charge is -2.36. The van der Waals surface area contributed by atoms with E-state index in [1.807, 2.05) is 24.4 Å². The molecular weight excluding hydrogens is 422 g/mol. The Balaban J connectivity index is 1.10. The van der Waals surface area contributed by atoms with Crippen LogP contribution in [0.5, 0.6) is 0 Å². The predicted molar refractivity (Wildman–Crippen MR) is 139 cm³/mol. The quantitative estimate of drug-likeness (QED) is 0.409. The third-order valence-corrected chi connectivity index (χ3v) is 6.79. The van der Waals surface area contributed by atoms with Crippen LogP contribution in [-0.4, -0.2) is 49.2 Å². The number of hydrogen-bond donors (Lipinski definition) is 0. The molecule has 0 saturated carbocycles. The molecule has 2 aliphatic rings. The van der Waals surface area contributed by atoms with Gasteiger partial charge in [-0.25, -0.2) is 4.98 Å². The Morgan fingerprint density at radius 3 is 2.44 bits per heavy atom. The summed E-state index contributed by atoms with van der Waals surface area (Å²) in [6.07, 6.45) is 3.58. The molecule has 0 N–H and O–H groups in total. The average Bonchev–Trinajstić information content (AvgIpc) is 3.53. The lowest BCUT2D eigenvalue weighted by Crippen LogP contribution is -2.48. The molecule has 2 aromatic carbocycles. The van der Waals surface area contributed by atoms with Crippen molar-refractivity contribution in [2.24, 2.45) is 0 Å².